The molecule has 0 aliphatic heterocycles. The largest absolute Gasteiger partial charge is 0.279 e. The number of nitrogens with zero attached hydrogens (tertiary/aromatic N) is 3. The third kappa shape index (κ3) is 3.56. The number of fused-ring (bicyclic) bond motifs is 6. The van der Waals surface area contributed by atoms with Crippen LogP contribution in [0.1, 0.15) is 25.0 Å². The van der Waals surface area contributed by atoms with Gasteiger partial charge in [0.15, 0.2) is 0 Å². The quantitative estimate of drug-likeness (QED) is 0.213. The van der Waals surface area contributed by atoms with E-state index in [0.29, 0.717) is 0 Å². The van der Waals surface area contributed by atoms with E-state index in [1.54, 1.807) is 0 Å². The molecule has 3 heteroatoms. The number of benzene rings is 6. The Morgan fingerprint density at radius 2 is 1.31 bits per heavy atom. The number of aryl methyl sites for hydroxylation is 2. The summed E-state index contributed by atoms with van der Waals surface area (Å²) in [5.74, 6) is 0.910. The van der Waals surface area contributed by atoms with E-state index in [9.17, 15) is 0 Å². The molecule has 0 aliphatic carbocycles. The van der Waals surface area contributed by atoms with Crippen molar-refractivity contribution in [2.45, 2.75) is 26.7 Å². The molecule has 2 aromatic heterocycles. The highest BCUT2D eigenvalue weighted by atomic mass is 15.2. The Bertz CT molecular complexity index is 2270. The summed E-state index contributed by atoms with van der Waals surface area (Å²) in [6, 6.07) is 45.9. The number of imidazole rings is 1. The van der Waals surface area contributed by atoms with Crippen molar-refractivity contribution in [1.82, 2.24) is 14.1 Å². The normalized spacial score (nSPS) is 11.8. The fraction of sp³-hybridized carbons (Fsp3) is 0.103. The molecule has 0 bridgehead atoms. The zero-order valence-electron chi connectivity index (χ0n) is 23.9. The summed E-state index contributed by atoms with van der Waals surface area (Å²) in [4.78, 5) is 5.35. The predicted octanol–water partition coefficient (Wildman–Crippen LogP) is 10.1. The topological polar surface area (TPSA) is 22.8 Å². The summed E-state index contributed by atoms with van der Waals surface area (Å²) in [6.07, 6.45) is 1.90. The Labute approximate surface area is 245 Å². The van der Waals surface area contributed by atoms with E-state index in [-0.39, 0.29) is 0 Å². The lowest BCUT2D eigenvalue weighted by Crippen LogP contribution is -2.07. The predicted molar refractivity (Wildman–Crippen MR) is 177 cm³/mol. The van der Waals surface area contributed by atoms with Gasteiger partial charge in [-0.15, -0.1) is 0 Å². The third-order valence-corrected chi connectivity index (χ3v) is 8.72. The van der Waals surface area contributed by atoms with E-state index in [2.05, 4.69) is 150 Å². The van der Waals surface area contributed by atoms with Crippen molar-refractivity contribution in [2.24, 2.45) is 0 Å². The lowest BCUT2D eigenvalue weighted by atomic mass is 9.91. The Morgan fingerprint density at radius 1 is 0.548 bits per heavy atom. The molecule has 0 aliphatic rings. The molecule has 0 saturated carbocycles. The van der Waals surface area contributed by atoms with Gasteiger partial charge < -0.3 is 0 Å². The first-order chi connectivity index (χ1) is 20.8. The van der Waals surface area contributed by atoms with Crippen molar-refractivity contribution < 1.29 is 0 Å². The molecule has 0 fully saturated rings. The second-order valence-electron chi connectivity index (χ2n) is 10.9. The zero-order valence-corrected chi connectivity index (χ0v) is 23.9. The molecule has 3 nitrogen and oxygen atoms in total. The average Bonchev–Trinajstić information content (AvgIpc) is 3.60. The second kappa shape index (κ2) is 9.74. The van der Waals surface area contributed by atoms with Crippen LogP contribution in [-0.4, -0.2) is 14.1 Å². The van der Waals surface area contributed by atoms with Crippen LogP contribution in [-0.2, 0) is 12.8 Å². The van der Waals surface area contributed by atoms with Crippen molar-refractivity contribution in [2.75, 3.05) is 0 Å². The molecule has 202 valence electrons. The fourth-order valence-electron chi connectivity index (χ4n) is 6.85. The summed E-state index contributed by atoms with van der Waals surface area (Å²) >= 11 is 0. The van der Waals surface area contributed by atoms with E-state index in [4.69, 9.17) is 4.98 Å². The lowest BCUT2D eigenvalue weighted by molar-refractivity contribution is 0.949. The molecule has 0 unspecified atom stereocenters. The van der Waals surface area contributed by atoms with E-state index < -0.39 is 0 Å². The maximum absolute atomic E-state index is 5.35. The Hall–Kier alpha value is -5.15. The van der Waals surface area contributed by atoms with Crippen LogP contribution in [0.5, 0.6) is 0 Å². The van der Waals surface area contributed by atoms with Gasteiger partial charge in [-0.3, -0.25) is 9.13 Å². The smallest absolute Gasteiger partial charge is 0.220 e. The van der Waals surface area contributed by atoms with Gasteiger partial charge in [0.1, 0.15) is 0 Å². The van der Waals surface area contributed by atoms with Gasteiger partial charge in [0.2, 0.25) is 5.95 Å². The van der Waals surface area contributed by atoms with Gasteiger partial charge in [0.25, 0.3) is 0 Å². The van der Waals surface area contributed by atoms with Crippen LogP contribution in [0, 0.1) is 0 Å². The van der Waals surface area contributed by atoms with Crippen molar-refractivity contribution in [3.05, 3.63) is 139 Å². The van der Waals surface area contributed by atoms with Gasteiger partial charge in [-0.1, -0.05) is 111 Å². The van der Waals surface area contributed by atoms with Gasteiger partial charge in [-0.25, -0.2) is 4.98 Å². The zero-order chi connectivity index (χ0) is 28.2. The van der Waals surface area contributed by atoms with Crippen LogP contribution in [0.2, 0.25) is 0 Å². The highest BCUT2D eigenvalue weighted by molar-refractivity contribution is 6.22. The number of aromatic nitrogens is 3. The lowest BCUT2D eigenvalue weighted by Gasteiger charge is -2.17. The second-order valence-corrected chi connectivity index (χ2v) is 10.9. The number of hydrogen-bond acceptors (Lipinski definition) is 1. The van der Waals surface area contributed by atoms with Gasteiger partial charge in [0, 0.05) is 16.5 Å². The molecule has 8 rings (SSSR count). The first-order valence-electron chi connectivity index (χ1n) is 14.9. The molecule has 6 aromatic carbocycles. The van der Waals surface area contributed by atoms with Crippen molar-refractivity contribution in [3.63, 3.8) is 0 Å². The molecule has 8 aromatic rings. The molecule has 42 heavy (non-hydrogen) atoms. The monoisotopic (exact) mass is 541 g/mol. The van der Waals surface area contributed by atoms with E-state index in [1.807, 2.05) is 0 Å². The number of para-hydroxylation sites is 3. The van der Waals surface area contributed by atoms with Crippen LogP contribution in [0.25, 0.3) is 66.4 Å². The third-order valence-electron chi connectivity index (χ3n) is 8.72. The Balaban J connectivity index is 1.60. The highest BCUT2D eigenvalue weighted by Crippen LogP contribution is 2.42. The minimum atomic E-state index is 0.907. The van der Waals surface area contributed by atoms with Gasteiger partial charge in [-0.2, -0.15) is 0 Å². The number of hydrogen-bond donors (Lipinski definition) is 0. The standard InChI is InChI=1S/C39H31N3/c1-3-26-14-8-10-18-30(26)32-23-24-33-37-31-19-11-9-15-27(31)22-25-36(37)42(38(33)29(32)4-2)39-40-34-20-12-13-21-35(34)41(39)28-16-6-5-7-17-28/h5-25H,3-4H2,1-2H3. The molecule has 0 atom stereocenters. The van der Waals surface area contributed by atoms with Crippen LogP contribution in [0.15, 0.2) is 127 Å². The maximum Gasteiger partial charge on any atom is 0.220 e. The number of rotatable bonds is 5. The maximum atomic E-state index is 5.35. The van der Waals surface area contributed by atoms with Crippen LogP contribution in [0.4, 0.5) is 0 Å². The fourth-order valence-corrected chi connectivity index (χ4v) is 6.85. The summed E-state index contributed by atoms with van der Waals surface area (Å²) in [5, 5.41) is 5.06. The van der Waals surface area contributed by atoms with Crippen molar-refractivity contribution in [1.29, 1.82) is 0 Å². The molecule has 0 spiro atoms. The molecule has 0 radical (unpaired) electrons. The molecule has 0 N–H and O–H groups in total. The highest BCUT2D eigenvalue weighted by Gasteiger charge is 2.24. The van der Waals surface area contributed by atoms with Crippen LogP contribution < -0.4 is 0 Å². The molecule has 0 amide bonds. The summed E-state index contributed by atoms with van der Waals surface area (Å²) in [7, 11) is 0. The first-order valence-corrected chi connectivity index (χ1v) is 14.9. The molecule has 0 saturated heterocycles. The van der Waals surface area contributed by atoms with E-state index >= 15 is 0 Å². The first kappa shape index (κ1) is 24.6. The molecular weight excluding hydrogens is 510 g/mol. The van der Waals surface area contributed by atoms with Crippen molar-refractivity contribution >= 4 is 43.6 Å². The van der Waals surface area contributed by atoms with E-state index in [0.717, 1.165) is 35.5 Å². The van der Waals surface area contributed by atoms with Crippen LogP contribution >= 0.6 is 0 Å². The van der Waals surface area contributed by atoms with Crippen molar-refractivity contribution in [3.8, 4) is 22.8 Å². The SMILES string of the molecule is CCc1ccccc1-c1ccc2c3c4ccccc4ccc3n(-c3nc4ccccc4n3-c3ccccc3)c2c1CC. The summed E-state index contributed by atoms with van der Waals surface area (Å²) in [5.41, 5.74) is 10.9. The van der Waals surface area contributed by atoms with Crippen LogP contribution in [0.3, 0.4) is 0 Å². The molecule has 2 heterocycles. The Morgan fingerprint density at radius 3 is 2.17 bits per heavy atom. The summed E-state index contributed by atoms with van der Waals surface area (Å²) < 4.78 is 4.75. The minimum Gasteiger partial charge on any atom is -0.279 e. The minimum absolute atomic E-state index is 0.907. The average molecular weight is 542 g/mol. The van der Waals surface area contributed by atoms with Gasteiger partial charge >= 0.3 is 0 Å². The van der Waals surface area contributed by atoms with E-state index in [1.165, 1.54) is 54.8 Å². The summed E-state index contributed by atoms with van der Waals surface area (Å²) in [6.45, 7) is 4.53. The van der Waals surface area contributed by atoms with Gasteiger partial charge in [0.05, 0.1) is 22.1 Å². The Kier molecular flexibility index (Phi) is 5.71. The van der Waals surface area contributed by atoms with Gasteiger partial charge in [-0.05, 0) is 76.2 Å². The molecular formula is C39H31N3.